The predicted molar refractivity (Wildman–Crippen MR) is 131 cm³/mol. The maximum atomic E-state index is 12.6. The first-order chi connectivity index (χ1) is 16.1. The van der Waals surface area contributed by atoms with Gasteiger partial charge in [0.05, 0.1) is 18.3 Å². The first-order valence-corrected chi connectivity index (χ1v) is 12.1. The van der Waals surface area contributed by atoms with Gasteiger partial charge < -0.3 is 5.32 Å². The molecule has 1 N–H and O–H groups in total. The number of likely N-dealkylation sites (tertiary alicyclic amines) is 1. The lowest BCUT2D eigenvalue weighted by Crippen LogP contribution is -2.42. The van der Waals surface area contributed by atoms with Crippen LogP contribution in [0.15, 0.2) is 65.8 Å². The van der Waals surface area contributed by atoms with Crippen LogP contribution in [0, 0.1) is 5.92 Å². The van der Waals surface area contributed by atoms with Crippen molar-refractivity contribution in [3.8, 4) is 0 Å². The van der Waals surface area contributed by atoms with Crippen LogP contribution in [-0.4, -0.2) is 53.6 Å². The Balaban J connectivity index is 1.28. The zero-order valence-corrected chi connectivity index (χ0v) is 19.5. The lowest BCUT2D eigenvalue weighted by atomic mass is 9.95. The minimum absolute atomic E-state index is 0.0823. The van der Waals surface area contributed by atoms with Crippen molar-refractivity contribution in [2.45, 2.75) is 45.1 Å². The molecule has 33 heavy (non-hydrogen) atoms. The number of piperidine rings is 1. The summed E-state index contributed by atoms with van der Waals surface area (Å²) < 4.78 is 0. The van der Waals surface area contributed by atoms with Gasteiger partial charge in [-0.2, -0.15) is 5.10 Å². The van der Waals surface area contributed by atoms with Crippen molar-refractivity contribution in [2.75, 3.05) is 26.2 Å². The van der Waals surface area contributed by atoms with Gasteiger partial charge in [-0.25, -0.2) is 5.01 Å². The molecule has 1 fully saturated rings. The molecule has 6 heteroatoms. The zero-order valence-electron chi connectivity index (χ0n) is 19.5. The fourth-order valence-corrected chi connectivity index (χ4v) is 4.59. The average molecular weight is 447 g/mol. The van der Waals surface area contributed by atoms with Crippen LogP contribution in [0.4, 0.5) is 0 Å². The fraction of sp³-hybridized carbons (Fsp3) is 0.444. The van der Waals surface area contributed by atoms with E-state index in [1.165, 1.54) is 23.4 Å². The highest BCUT2D eigenvalue weighted by molar-refractivity contribution is 6.02. The Morgan fingerprint density at radius 2 is 1.64 bits per heavy atom. The highest BCUT2D eigenvalue weighted by Gasteiger charge is 2.26. The van der Waals surface area contributed by atoms with Gasteiger partial charge in [-0.05, 0) is 43.0 Å². The molecule has 1 saturated heterocycles. The molecule has 2 aromatic rings. The van der Waals surface area contributed by atoms with Gasteiger partial charge in [0, 0.05) is 25.8 Å². The van der Waals surface area contributed by atoms with Gasteiger partial charge in [0.2, 0.25) is 11.8 Å². The summed E-state index contributed by atoms with van der Waals surface area (Å²) in [4.78, 5) is 27.7. The number of hydrogen-bond donors (Lipinski definition) is 1. The predicted octanol–water partition coefficient (Wildman–Crippen LogP) is 3.99. The minimum Gasteiger partial charge on any atom is -0.354 e. The summed E-state index contributed by atoms with van der Waals surface area (Å²) in [6.45, 7) is 5.54. The second-order valence-electron chi connectivity index (χ2n) is 9.13. The molecule has 0 spiro atoms. The molecular formula is C27H34N4O2. The Morgan fingerprint density at radius 3 is 2.33 bits per heavy atom. The fourth-order valence-electron chi connectivity index (χ4n) is 4.59. The van der Waals surface area contributed by atoms with Crippen LogP contribution < -0.4 is 5.32 Å². The van der Waals surface area contributed by atoms with Crippen LogP contribution in [0.5, 0.6) is 0 Å². The molecular weight excluding hydrogens is 412 g/mol. The number of hydrogen-bond acceptors (Lipinski definition) is 4. The lowest BCUT2D eigenvalue weighted by Gasteiger charge is -2.37. The molecule has 174 valence electrons. The van der Waals surface area contributed by atoms with Crippen molar-refractivity contribution < 1.29 is 9.59 Å². The lowest BCUT2D eigenvalue weighted by molar-refractivity contribution is -0.133. The highest BCUT2D eigenvalue weighted by Crippen LogP contribution is 2.26. The molecule has 2 aliphatic rings. The third kappa shape index (κ3) is 6.29. The normalized spacial score (nSPS) is 18.1. The van der Waals surface area contributed by atoms with Crippen molar-refractivity contribution in [2.24, 2.45) is 11.0 Å². The standard InChI is InChI=1S/C27H34N4O2/c1-21-14-17-30(18-15-21)25(23-10-6-3-7-11-23)20-28-26(32)12-13-27(33)31-19-16-24(29-31)22-8-4-2-5-9-22/h2-11,21,25H,12-20H2,1H3,(H,28,32). The monoisotopic (exact) mass is 446 g/mol. The Hall–Kier alpha value is -2.99. The molecule has 2 aliphatic heterocycles. The summed E-state index contributed by atoms with van der Waals surface area (Å²) in [5, 5.41) is 9.07. The quantitative estimate of drug-likeness (QED) is 0.667. The molecule has 0 bridgehead atoms. The molecule has 0 aromatic heterocycles. The number of nitrogens with one attached hydrogen (secondary N) is 1. The molecule has 0 aliphatic carbocycles. The highest BCUT2D eigenvalue weighted by atomic mass is 16.2. The Kier molecular flexibility index (Phi) is 7.89. The summed E-state index contributed by atoms with van der Waals surface area (Å²) in [7, 11) is 0. The van der Waals surface area contributed by atoms with Crippen LogP contribution in [0.1, 0.15) is 56.2 Å². The number of benzene rings is 2. The summed E-state index contributed by atoms with van der Waals surface area (Å²) in [6, 6.07) is 20.5. The van der Waals surface area contributed by atoms with Crippen molar-refractivity contribution in [1.29, 1.82) is 0 Å². The van der Waals surface area contributed by atoms with Crippen LogP contribution in [-0.2, 0) is 9.59 Å². The van der Waals surface area contributed by atoms with Gasteiger partial charge in [-0.1, -0.05) is 67.6 Å². The molecule has 1 unspecified atom stereocenters. The number of amides is 2. The number of hydrazone groups is 1. The smallest absolute Gasteiger partial charge is 0.243 e. The van der Waals surface area contributed by atoms with E-state index in [4.69, 9.17) is 0 Å². The minimum atomic E-state index is -0.0966. The van der Waals surface area contributed by atoms with E-state index in [9.17, 15) is 9.59 Å². The summed E-state index contributed by atoms with van der Waals surface area (Å²) in [5.41, 5.74) is 3.20. The van der Waals surface area contributed by atoms with Gasteiger partial charge >= 0.3 is 0 Å². The third-order valence-corrected chi connectivity index (χ3v) is 6.70. The molecule has 2 heterocycles. The van der Waals surface area contributed by atoms with Gasteiger partial charge in [0.25, 0.3) is 0 Å². The maximum Gasteiger partial charge on any atom is 0.243 e. The maximum absolute atomic E-state index is 12.6. The van der Waals surface area contributed by atoms with E-state index in [1.807, 2.05) is 36.4 Å². The second kappa shape index (κ2) is 11.2. The first-order valence-electron chi connectivity index (χ1n) is 12.1. The SMILES string of the molecule is CC1CCN(C(CNC(=O)CCC(=O)N2CCC(c3ccccc3)=N2)c2ccccc2)CC1. The van der Waals surface area contributed by atoms with E-state index >= 15 is 0 Å². The molecule has 1 atom stereocenters. The van der Waals surface area contributed by atoms with E-state index in [2.05, 4.69) is 46.5 Å². The number of nitrogens with zero attached hydrogens (tertiary/aromatic N) is 3. The number of carbonyl (C=O) groups excluding carboxylic acids is 2. The van der Waals surface area contributed by atoms with E-state index in [0.29, 0.717) is 13.1 Å². The van der Waals surface area contributed by atoms with E-state index in [-0.39, 0.29) is 30.7 Å². The number of carbonyl (C=O) groups is 2. The van der Waals surface area contributed by atoms with Gasteiger partial charge in [0.15, 0.2) is 0 Å². The molecule has 4 rings (SSSR count). The largest absolute Gasteiger partial charge is 0.354 e. The summed E-state index contributed by atoms with van der Waals surface area (Å²) in [5.74, 6) is 0.579. The van der Waals surface area contributed by atoms with Crippen molar-refractivity contribution in [3.05, 3.63) is 71.8 Å². The molecule has 0 saturated carbocycles. The van der Waals surface area contributed by atoms with E-state index in [0.717, 1.165) is 36.7 Å². The van der Waals surface area contributed by atoms with Gasteiger partial charge in [0.1, 0.15) is 0 Å². The first kappa shape index (κ1) is 23.2. The Bertz CT molecular complexity index is 953. The number of rotatable bonds is 8. The van der Waals surface area contributed by atoms with Crippen LogP contribution in [0.3, 0.4) is 0 Å². The molecule has 0 radical (unpaired) electrons. The molecule has 2 aromatic carbocycles. The van der Waals surface area contributed by atoms with Gasteiger partial charge in [-0.15, -0.1) is 0 Å². The van der Waals surface area contributed by atoms with E-state index in [1.54, 1.807) is 0 Å². The Labute approximate surface area is 196 Å². The van der Waals surface area contributed by atoms with Crippen molar-refractivity contribution in [3.63, 3.8) is 0 Å². The second-order valence-corrected chi connectivity index (χ2v) is 9.13. The molecule has 6 nitrogen and oxygen atoms in total. The van der Waals surface area contributed by atoms with Crippen LogP contribution >= 0.6 is 0 Å². The van der Waals surface area contributed by atoms with Crippen molar-refractivity contribution in [1.82, 2.24) is 15.2 Å². The van der Waals surface area contributed by atoms with Crippen LogP contribution in [0.25, 0.3) is 0 Å². The average Bonchev–Trinajstić information content (AvgIpc) is 3.35. The third-order valence-electron chi connectivity index (χ3n) is 6.70. The molecule has 2 amide bonds. The van der Waals surface area contributed by atoms with Gasteiger partial charge in [-0.3, -0.25) is 14.5 Å². The van der Waals surface area contributed by atoms with Crippen molar-refractivity contribution >= 4 is 17.5 Å². The Morgan fingerprint density at radius 1 is 0.970 bits per heavy atom. The zero-order chi connectivity index (χ0) is 23.0. The van der Waals surface area contributed by atoms with E-state index < -0.39 is 0 Å². The topological polar surface area (TPSA) is 65.0 Å². The van der Waals surface area contributed by atoms with Crippen LogP contribution in [0.2, 0.25) is 0 Å². The summed E-state index contributed by atoms with van der Waals surface area (Å²) >= 11 is 0. The summed E-state index contributed by atoms with van der Waals surface area (Å²) in [6.07, 6.45) is 3.48.